The lowest BCUT2D eigenvalue weighted by Crippen LogP contribution is -2.20. The van der Waals surface area contributed by atoms with Crippen molar-refractivity contribution in [3.8, 4) is 5.75 Å². The molecule has 0 radical (unpaired) electrons. The topological polar surface area (TPSA) is 64.4 Å². The average molecular weight is 222 g/mol. The fourth-order valence-electron chi connectivity index (χ4n) is 1.87. The summed E-state index contributed by atoms with van der Waals surface area (Å²) in [6, 6.07) is 5.15. The van der Waals surface area contributed by atoms with Crippen molar-refractivity contribution in [3.05, 3.63) is 33.9 Å². The maximum Gasteiger partial charge on any atom is 0.313 e. The standard InChI is InChI=1S/C11H14N2O3/c1-8-3-2-4-10(11(8)13(14)15)16-9-5-6-12-7-9/h2-4,9,12H,5-7H2,1H3/t9-/m0/s1. The van der Waals surface area contributed by atoms with Crippen LogP contribution in [0.4, 0.5) is 5.69 Å². The van der Waals surface area contributed by atoms with Gasteiger partial charge in [-0.3, -0.25) is 10.1 Å². The lowest BCUT2D eigenvalue weighted by Gasteiger charge is -2.13. The molecule has 1 fully saturated rings. The van der Waals surface area contributed by atoms with Gasteiger partial charge in [-0.1, -0.05) is 12.1 Å². The van der Waals surface area contributed by atoms with Gasteiger partial charge in [-0.05, 0) is 26.0 Å². The molecule has 16 heavy (non-hydrogen) atoms. The van der Waals surface area contributed by atoms with Gasteiger partial charge in [0.2, 0.25) is 0 Å². The molecule has 86 valence electrons. The lowest BCUT2D eigenvalue weighted by molar-refractivity contribution is -0.386. The summed E-state index contributed by atoms with van der Waals surface area (Å²) in [4.78, 5) is 10.5. The van der Waals surface area contributed by atoms with Gasteiger partial charge in [0, 0.05) is 12.1 Å². The first-order valence-electron chi connectivity index (χ1n) is 5.30. The van der Waals surface area contributed by atoms with Crippen LogP contribution in [0, 0.1) is 17.0 Å². The molecule has 2 rings (SSSR count). The first-order valence-corrected chi connectivity index (χ1v) is 5.30. The highest BCUT2D eigenvalue weighted by molar-refractivity contribution is 5.52. The third-order valence-corrected chi connectivity index (χ3v) is 2.69. The summed E-state index contributed by atoms with van der Waals surface area (Å²) in [5, 5.41) is 14.1. The van der Waals surface area contributed by atoms with Crippen molar-refractivity contribution in [2.24, 2.45) is 0 Å². The van der Waals surface area contributed by atoms with E-state index in [9.17, 15) is 10.1 Å². The molecule has 1 atom stereocenters. The van der Waals surface area contributed by atoms with E-state index in [2.05, 4.69) is 5.32 Å². The Balaban J connectivity index is 2.25. The van der Waals surface area contributed by atoms with Crippen molar-refractivity contribution in [3.63, 3.8) is 0 Å². The smallest absolute Gasteiger partial charge is 0.313 e. The Morgan fingerprint density at radius 1 is 1.56 bits per heavy atom. The quantitative estimate of drug-likeness (QED) is 0.623. The maximum atomic E-state index is 10.9. The molecule has 1 saturated heterocycles. The normalized spacial score (nSPS) is 19.7. The Bertz CT molecular complexity index is 400. The van der Waals surface area contributed by atoms with Crippen LogP contribution < -0.4 is 10.1 Å². The second kappa shape index (κ2) is 4.49. The number of benzene rings is 1. The largest absolute Gasteiger partial charge is 0.482 e. The van der Waals surface area contributed by atoms with Gasteiger partial charge >= 0.3 is 5.69 Å². The monoisotopic (exact) mass is 222 g/mol. The predicted molar refractivity (Wildman–Crippen MR) is 59.7 cm³/mol. The lowest BCUT2D eigenvalue weighted by atomic mass is 10.2. The van der Waals surface area contributed by atoms with E-state index in [1.54, 1.807) is 25.1 Å². The van der Waals surface area contributed by atoms with E-state index in [0.29, 0.717) is 11.3 Å². The molecule has 1 aliphatic heterocycles. The highest BCUT2D eigenvalue weighted by Gasteiger charge is 2.23. The van der Waals surface area contributed by atoms with Crippen LogP contribution in [0.2, 0.25) is 0 Å². The Hall–Kier alpha value is -1.62. The molecule has 1 N–H and O–H groups in total. The van der Waals surface area contributed by atoms with E-state index >= 15 is 0 Å². The molecular formula is C11H14N2O3. The second-order valence-corrected chi connectivity index (χ2v) is 3.91. The van der Waals surface area contributed by atoms with E-state index in [0.717, 1.165) is 19.5 Å². The van der Waals surface area contributed by atoms with Crippen LogP contribution in [0.1, 0.15) is 12.0 Å². The van der Waals surface area contributed by atoms with Crippen molar-refractivity contribution < 1.29 is 9.66 Å². The van der Waals surface area contributed by atoms with Gasteiger partial charge in [0.25, 0.3) is 0 Å². The Morgan fingerprint density at radius 2 is 2.38 bits per heavy atom. The van der Waals surface area contributed by atoms with E-state index in [4.69, 9.17) is 4.74 Å². The van der Waals surface area contributed by atoms with E-state index < -0.39 is 0 Å². The van der Waals surface area contributed by atoms with E-state index in [1.165, 1.54) is 0 Å². The summed E-state index contributed by atoms with van der Waals surface area (Å²) in [6.07, 6.45) is 0.936. The van der Waals surface area contributed by atoms with Crippen LogP contribution in [0.25, 0.3) is 0 Å². The number of hydrogen-bond donors (Lipinski definition) is 1. The van der Waals surface area contributed by atoms with Crippen LogP contribution in [0.5, 0.6) is 5.75 Å². The average Bonchev–Trinajstić information content (AvgIpc) is 2.70. The molecule has 0 bridgehead atoms. The van der Waals surface area contributed by atoms with Gasteiger partial charge in [0.1, 0.15) is 6.10 Å². The number of ether oxygens (including phenoxy) is 1. The highest BCUT2D eigenvalue weighted by Crippen LogP contribution is 2.31. The number of hydrogen-bond acceptors (Lipinski definition) is 4. The molecule has 0 aliphatic carbocycles. The fourth-order valence-corrected chi connectivity index (χ4v) is 1.87. The summed E-state index contributed by atoms with van der Waals surface area (Å²) >= 11 is 0. The summed E-state index contributed by atoms with van der Waals surface area (Å²) < 4.78 is 5.64. The molecule has 5 nitrogen and oxygen atoms in total. The fraction of sp³-hybridized carbons (Fsp3) is 0.455. The van der Waals surface area contributed by atoms with E-state index in [1.807, 2.05) is 0 Å². The minimum atomic E-state index is -0.382. The van der Waals surface area contributed by atoms with Gasteiger partial charge in [0.15, 0.2) is 5.75 Å². The minimum Gasteiger partial charge on any atom is -0.482 e. The number of nitrogens with zero attached hydrogens (tertiary/aromatic N) is 1. The zero-order valence-electron chi connectivity index (χ0n) is 9.10. The zero-order valence-corrected chi connectivity index (χ0v) is 9.10. The molecule has 0 unspecified atom stereocenters. The van der Waals surface area contributed by atoms with Gasteiger partial charge in [-0.25, -0.2) is 0 Å². The molecule has 5 heteroatoms. The van der Waals surface area contributed by atoms with Gasteiger partial charge in [-0.15, -0.1) is 0 Å². The third kappa shape index (κ3) is 2.14. The number of rotatable bonds is 3. The van der Waals surface area contributed by atoms with Crippen molar-refractivity contribution in [1.29, 1.82) is 0 Å². The highest BCUT2D eigenvalue weighted by atomic mass is 16.6. The molecule has 1 aromatic carbocycles. The van der Waals surface area contributed by atoms with Crippen LogP contribution in [0.15, 0.2) is 18.2 Å². The number of nitrogens with one attached hydrogen (secondary N) is 1. The molecule has 0 saturated carbocycles. The molecular weight excluding hydrogens is 208 g/mol. The second-order valence-electron chi connectivity index (χ2n) is 3.91. The van der Waals surface area contributed by atoms with Crippen LogP contribution in [0.3, 0.4) is 0 Å². The van der Waals surface area contributed by atoms with Crippen molar-refractivity contribution >= 4 is 5.69 Å². The zero-order chi connectivity index (χ0) is 11.5. The SMILES string of the molecule is Cc1cccc(O[C@H]2CCNC2)c1[N+](=O)[O-]. The molecule has 1 aromatic rings. The van der Waals surface area contributed by atoms with Gasteiger partial charge in [0.05, 0.1) is 4.92 Å². The summed E-state index contributed by atoms with van der Waals surface area (Å²) in [6.45, 7) is 3.38. The molecule has 1 heterocycles. The summed E-state index contributed by atoms with van der Waals surface area (Å²) in [5.74, 6) is 0.374. The predicted octanol–water partition coefficient (Wildman–Crippen LogP) is 1.64. The number of aryl methyl sites for hydroxylation is 1. The number of nitro groups is 1. The number of nitro benzene ring substituents is 1. The van der Waals surface area contributed by atoms with Crippen LogP contribution in [-0.4, -0.2) is 24.1 Å². The number of para-hydroxylation sites is 1. The molecule has 0 aromatic heterocycles. The van der Waals surface area contributed by atoms with Gasteiger partial charge < -0.3 is 10.1 Å². The summed E-state index contributed by atoms with van der Waals surface area (Å²) in [5.41, 5.74) is 0.711. The molecule has 1 aliphatic rings. The van der Waals surface area contributed by atoms with Crippen molar-refractivity contribution in [1.82, 2.24) is 5.32 Å². The molecule has 0 amide bonds. The van der Waals surface area contributed by atoms with Crippen LogP contribution in [-0.2, 0) is 0 Å². The maximum absolute atomic E-state index is 10.9. The van der Waals surface area contributed by atoms with Crippen molar-refractivity contribution in [2.75, 3.05) is 13.1 Å². The Labute approximate surface area is 93.6 Å². The Morgan fingerprint density at radius 3 is 3.00 bits per heavy atom. The van der Waals surface area contributed by atoms with Crippen molar-refractivity contribution in [2.45, 2.75) is 19.4 Å². The Kier molecular flexibility index (Phi) is 3.05. The van der Waals surface area contributed by atoms with Gasteiger partial charge in [-0.2, -0.15) is 0 Å². The molecule has 0 spiro atoms. The first kappa shape index (κ1) is 10.9. The van der Waals surface area contributed by atoms with Crippen LogP contribution >= 0.6 is 0 Å². The minimum absolute atomic E-state index is 0.0421. The first-order chi connectivity index (χ1) is 7.68. The summed E-state index contributed by atoms with van der Waals surface area (Å²) in [7, 11) is 0. The third-order valence-electron chi connectivity index (χ3n) is 2.69. The van der Waals surface area contributed by atoms with E-state index in [-0.39, 0.29) is 16.7 Å².